The molecule has 0 radical (unpaired) electrons. The average Bonchev–Trinajstić information content (AvgIpc) is 2.76. The van der Waals surface area contributed by atoms with Crippen molar-refractivity contribution in [3.05, 3.63) is 29.8 Å². The van der Waals surface area contributed by atoms with E-state index in [2.05, 4.69) is 5.32 Å². The molecule has 2 amide bonds. The molecular formula is C22H29N3O5. The molecule has 1 aromatic rings. The summed E-state index contributed by atoms with van der Waals surface area (Å²) in [5, 5.41) is 11.0. The SMILES string of the molecule is CCCCN1C(=O)CC[C@@H](C(=O)OCC(=O)NCCC#N)[C@H]1c1ccc(OC)cc1. The molecule has 1 aliphatic rings. The Hall–Kier alpha value is -3.08. The molecule has 0 spiro atoms. The predicted molar refractivity (Wildman–Crippen MR) is 109 cm³/mol. The molecule has 0 saturated carbocycles. The summed E-state index contributed by atoms with van der Waals surface area (Å²) in [5.41, 5.74) is 0.834. The first-order valence-electron chi connectivity index (χ1n) is 10.3. The first kappa shape index (κ1) is 23.2. The highest BCUT2D eigenvalue weighted by atomic mass is 16.5. The summed E-state index contributed by atoms with van der Waals surface area (Å²) in [6, 6.07) is 8.80. The lowest BCUT2D eigenvalue weighted by Gasteiger charge is -2.40. The molecular weight excluding hydrogens is 386 g/mol. The maximum Gasteiger partial charge on any atom is 0.311 e. The van der Waals surface area contributed by atoms with Crippen LogP contribution in [0.3, 0.4) is 0 Å². The third kappa shape index (κ3) is 6.21. The summed E-state index contributed by atoms with van der Waals surface area (Å²) in [6.07, 6.45) is 2.59. The van der Waals surface area contributed by atoms with Gasteiger partial charge in [0.1, 0.15) is 5.75 Å². The van der Waals surface area contributed by atoms with Crippen LogP contribution in [0.4, 0.5) is 0 Å². The van der Waals surface area contributed by atoms with Gasteiger partial charge in [0.25, 0.3) is 5.91 Å². The number of piperidine rings is 1. The second-order valence-electron chi connectivity index (χ2n) is 7.17. The lowest BCUT2D eigenvalue weighted by molar-refractivity contribution is -0.159. The Morgan fingerprint density at radius 2 is 2.03 bits per heavy atom. The van der Waals surface area contributed by atoms with Crippen molar-refractivity contribution in [1.82, 2.24) is 10.2 Å². The molecule has 1 saturated heterocycles. The maximum absolute atomic E-state index is 12.8. The molecule has 1 aliphatic heterocycles. The molecule has 1 N–H and O–H groups in total. The molecule has 0 unspecified atom stereocenters. The number of hydrogen-bond acceptors (Lipinski definition) is 6. The Kier molecular flexibility index (Phi) is 9.13. The number of carbonyl (C=O) groups is 3. The van der Waals surface area contributed by atoms with Crippen LogP contribution in [0.2, 0.25) is 0 Å². The van der Waals surface area contributed by atoms with Crippen LogP contribution in [-0.2, 0) is 19.1 Å². The maximum atomic E-state index is 12.8. The molecule has 1 aromatic carbocycles. The number of nitriles is 1. The van der Waals surface area contributed by atoms with E-state index in [-0.39, 0.29) is 25.3 Å². The van der Waals surface area contributed by atoms with Crippen molar-refractivity contribution in [3.8, 4) is 11.8 Å². The van der Waals surface area contributed by atoms with E-state index in [1.54, 1.807) is 24.1 Å². The van der Waals surface area contributed by atoms with Gasteiger partial charge in [-0.15, -0.1) is 0 Å². The van der Waals surface area contributed by atoms with Gasteiger partial charge in [0, 0.05) is 19.5 Å². The molecule has 2 rings (SSSR count). The van der Waals surface area contributed by atoms with Crippen molar-refractivity contribution in [2.75, 3.05) is 26.8 Å². The lowest BCUT2D eigenvalue weighted by atomic mass is 9.84. The molecule has 8 heteroatoms. The lowest BCUT2D eigenvalue weighted by Crippen LogP contribution is -2.46. The Morgan fingerprint density at radius 1 is 1.30 bits per heavy atom. The zero-order chi connectivity index (χ0) is 21.9. The first-order chi connectivity index (χ1) is 14.5. The van der Waals surface area contributed by atoms with Gasteiger partial charge in [-0.25, -0.2) is 0 Å². The van der Waals surface area contributed by atoms with Crippen LogP contribution < -0.4 is 10.1 Å². The quantitative estimate of drug-likeness (QED) is 0.464. The van der Waals surface area contributed by atoms with E-state index in [1.807, 2.05) is 25.1 Å². The summed E-state index contributed by atoms with van der Waals surface area (Å²) in [6.45, 7) is 2.42. The van der Waals surface area contributed by atoms with E-state index in [9.17, 15) is 14.4 Å². The standard InChI is InChI=1S/C22H29N3O5/c1-3-4-14-25-20(27)11-10-18(21(25)16-6-8-17(29-2)9-7-16)22(28)30-15-19(26)24-13-5-12-23/h6-9,18,21H,3-5,10-11,13-15H2,1-2H3,(H,24,26)/t18-,21-/m1/s1. The highest BCUT2D eigenvalue weighted by Crippen LogP contribution is 2.38. The molecule has 30 heavy (non-hydrogen) atoms. The molecule has 0 aromatic heterocycles. The fourth-order valence-electron chi connectivity index (χ4n) is 3.56. The van der Waals surface area contributed by atoms with Gasteiger partial charge in [-0.2, -0.15) is 5.26 Å². The monoisotopic (exact) mass is 415 g/mol. The Labute approximate surface area is 177 Å². The van der Waals surface area contributed by atoms with E-state index in [0.717, 1.165) is 18.4 Å². The zero-order valence-corrected chi connectivity index (χ0v) is 17.6. The zero-order valence-electron chi connectivity index (χ0n) is 17.6. The Morgan fingerprint density at radius 3 is 2.67 bits per heavy atom. The predicted octanol–water partition coefficient (Wildman–Crippen LogP) is 2.35. The second kappa shape index (κ2) is 11.8. The van der Waals surface area contributed by atoms with Gasteiger partial charge in [-0.3, -0.25) is 14.4 Å². The van der Waals surface area contributed by atoms with Gasteiger partial charge < -0.3 is 19.7 Å². The van der Waals surface area contributed by atoms with Gasteiger partial charge in [0.05, 0.1) is 31.6 Å². The topological polar surface area (TPSA) is 109 Å². The summed E-state index contributed by atoms with van der Waals surface area (Å²) < 4.78 is 10.5. The van der Waals surface area contributed by atoms with Crippen molar-refractivity contribution < 1.29 is 23.9 Å². The van der Waals surface area contributed by atoms with E-state index >= 15 is 0 Å². The molecule has 0 bridgehead atoms. The van der Waals surface area contributed by atoms with Crippen LogP contribution in [0.15, 0.2) is 24.3 Å². The molecule has 162 valence electrons. The van der Waals surface area contributed by atoms with Crippen LogP contribution in [0.25, 0.3) is 0 Å². The van der Waals surface area contributed by atoms with E-state index in [4.69, 9.17) is 14.7 Å². The number of rotatable bonds is 10. The highest BCUT2D eigenvalue weighted by Gasteiger charge is 2.41. The van der Waals surface area contributed by atoms with E-state index in [0.29, 0.717) is 18.7 Å². The summed E-state index contributed by atoms with van der Waals surface area (Å²) in [4.78, 5) is 39.1. The number of ether oxygens (including phenoxy) is 2. The van der Waals surface area contributed by atoms with Gasteiger partial charge in [-0.1, -0.05) is 25.5 Å². The number of nitrogens with zero attached hydrogens (tertiary/aromatic N) is 2. The fourth-order valence-corrected chi connectivity index (χ4v) is 3.56. The number of nitrogens with one attached hydrogen (secondary N) is 1. The number of amides is 2. The number of benzene rings is 1. The van der Waals surface area contributed by atoms with Crippen LogP contribution >= 0.6 is 0 Å². The number of esters is 1. The van der Waals surface area contributed by atoms with Gasteiger partial charge in [0.15, 0.2) is 6.61 Å². The van der Waals surface area contributed by atoms with Gasteiger partial charge >= 0.3 is 5.97 Å². The fraction of sp³-hybridized carbons (Fsp3) is 0.545. The van der Waals surface area contributed by atoms with Crippen molar-refractivity contribution >= 4 is 17.8 Å². The largest absolute Gasteiger partial charge is 0.497 e. The molecule has 1 heterocycles. The third-order valence-electron chi connectivity index (χ3n) is 5.12. The summed E-state index contributed by atoms with van der Waals surface area (Å²) in [7, 11) is 1.58. The summed E-state index contributed by atoms with van der Waals surface area (Å²) >= 11 is 0. The number of methoxy groups -OCH3 is 1. The third-order valence-corrected chi connectivity index (χ3v) is 5.12. The van der Waals surface area contributed by atoms with E-state index < -0.39 is 30.4 Å². The second-order valence-corrected chi connectivity index (χ2v) is 7.17. The molecule has 1 fully saturated rings. The van der Waals surface area contributed by atoms with Crippen molar-refractivity contribution in [3.63, 3.8) is 0 Å². The van der Waals surface area contributed by atoms with Crippen molar-refractivity contribution in [1.29, 1.82) is 5.26 Å². The molecule has 0 aliphatic carbocycles. The first-order valence-corrected chi connectivity index (χ1v) is 10.3. The van der Waals surface area contributed by atoms with Crippen molar-refractivity contribution in [2.45, 2.75) is 45.1 Å². The molecule has 8 nitrogen and oxygen atoms in total. The van der Waals surface area contributed by atoms with E-state index in [1.165, 1.54) is 0 Å². The number of carbonyl (C=O) groups excluding carboxylic acids is 3. The minimum atomic E-state index is -0.556. The average molecular weight is 415 g/mol. The minimum absolute atomic E-state index is 0.0163. The van der Waals surface area contributed by atoms with Gasteiger partial charge in [0.2, 0.25) is 5.91 Å². The van der Waals surface area contributed by atoms with Crippen LogP contribution in [0.1, 0.15) is 50.6 Å². The van der Waals surface area contributed by atoms with Crippen LogP contribution in [0, 0.1) is 17.2 Å². The minimum Gasteiger partial charge on any atom is -0.497 e. The Balaban J connectivity index is 2.17. The Bertz CT molecular complexity index is 772. The smallest absolute Gasteiger partial charge is 0.311 e. The number of unbranched alkanes of at least 4 members (excludes halogenated alkanes) is 1. The highest BCUT2D eigenvalue weighted by molar-refractivity contribution is 5.84. The number of likely N-dealkylation sites (tertiary alicyclic amines) is 1. The van der Waals surface area contributed by atoms with Crippen molar-refractivity contribution in [2.24, 2.45) is 5.92 Å². The molecule has 2 atom stereocenters. The number of hydrogen-bond donors (Lipinski definition) is 1. The van der Waals surface area contributed by atoms with Gasteiger partial charge in [-0.05, 0) is 30.5 Å². The van der Waals surface area contributed by atoms with Crippen LogP contribution in [0.5, 0.6) is 5.75 Å². The van der Waals surface area contributed by atoms with Crippen LogP contribution in [-0.4, -0.2) is 49.5 Å². The normalized spacial score (nSPS) is 18.4. The summed E-state index contributed by atoms with van der Waals surface area (Å²) in [5.74, 6) is -0.800.